The summed E-state index contributed by atoms with van der Waals surface area (Å²) in [6.45, 7) is 7.21. The second-order valence-electron chi connectivity index (χ2n) is 4.00. The number of hydrogen-bond acceptors (Lipinski definition) is 5. The molecule has 0 aromatic rings. The maximum absolute atomic E-state index is 9.00. The van der Waals surface area contributed by atoms with Crippen molar-refractivity contribution in [3.8, 4) is 0 Å². The van der Waals surface area contributed by atoms with Crippen LogP contribution >= 0.6 is 0 Å². The van der Waals surface area contributed by atoms with Crippen molar-refractivity contribution in [3.63, 3.8) is 0 Å². The van der Waals surface area contributed by atoms with Gasteiger partial charge >= 0.3 is 0 Å². The van der Waals surface area contributed by atoms with Crippen molar-refractivity contribution in [1.29, 1.82) is 0 Å². The normalized spacial score (nSPS) is 13.4. The van der Waals surface area contributed by atoms with E-state index in [1.54, 1.807) is 0 Å². The molecule has 6 nitrogen and oxygen atoms in total. The molecule has 2 atom stereocenters. The third kappa shape index (κ3) is 15.3. The number of aliphatic hydroxyl groups excluding tert-OH is 2. The largest absolute Gasteiger partial charge is 0.481 e. The zero-order chi connectivity index (χ0) is 14.4. The standard InChI is InChI=1S/C10H24N2O2.C2H4O2/c1-3-9(7-13)11-5-6-12-10(4-2)8-14;1-2(3)4/h9-14H,3-8H2,1-2H3;1H3,(H,3,4)/t9-,10-;/m0./s1. The molecule has 0 unspecified atom stereocenters. The summed E-state index contributed by atoms with van der Waals surface area (Å²) in [5.41, 5.74) is 0. The molecule has 0 aromatic heterocycles. The molecule has 0 rings (SSSR count). The molecule has 0 fully saturated rings. The Labute approximate surface area is 109 Å². The first-order chi connectivity index (χ1) is 8.51. The first-order valence-corrected chi connectivity index (χ1v) is 6.39. The second kappa shape index (κ2) is 14.4. The van der Waals surface area contributed by atoms with E-state index in [9.17, 15) is 0 Å². The summed E-state index contributed by atoms with van der Waals surface area (Å²) >= 11 is 0. The van der Waals surface area contributed by atoms with Crippen molar-refractivity contribution < 1.29 is 20.1 Å². The van der Waals surface area contributed by atoms with Gasteiger partial charge in [-0.2, -0.15) is 0 Å². The number of rotatable bonds is 9. The molecular weight excluding hydrogens is 236 g/mol. The predicted molar refractivity (Wildman–Crippen MR) is 71.6 cm³/mol. The average molecular weight is 264 g/mol. The fourth-order valence-corrected chi connectivity index (χ4v) is 1.23. The Bertz CT molecular complexity index is 165. The van der Waals surface area contributed by atoms with Crippen molar-refractivity contribution in [2.24, 2.45) is 0 Å². The van der Waals surface area contributed by atoms with Crippen LogP contribution in [0.3, 0.4) is 0 Å². The van der Waals surface area contributed by atoms with Gasteiger partial charge in [0.25, 0.3) is 5.97 Å². The van der Waals surface area contributed by atoms with E-state index in [1.165, 1.54) is 0 Å². The van der Waals surface area contributed by atoms with E-state index >= 15 is 0 Å². The predicted octanol–water partition coefficient (Wildman–Crippen LogP) is -0.202. The molecule has 0 aliphatic carbocycles. The second-order valence-corrected chi connectivity index (χ2v) is 4.00. The molecule has 0 aliphatic rings. The van der Waals surface area contributed by atoms with Crippen molar-refractivity contribution in [2.45, 2.75) is 45.7 Å². The lowest BCUT2D eigenvalue weighted by atomic mass is 10.2. The lowest BCUT2D eigenvalue weighted by Crippen LogP contribution is -2.40. The van der Waals surface area contributed by atoms with Crippen LogP contribution in [-0.2, 0) is 4.79 Å². The van der Waals surface area contributed by atoms with Crippen LogP contribution in [0.1, 0.15) is 33.6 Å². The topological polar surface area (TPSA) is 102 Å². The van der Waals surface area contributed by atoms with Gasteiger partial charge in [-0.05, 0) is 12.8 Å². The van der Waals surface area contributed by atoms with E-state index in [2.05, 4.69) is 10.6 Å². The quantitative estimate of drug-likeness (QED) is 0.370. The van der Waals surface area contributed by atoms with Gasteiger partial charge in [0.05, 0.1) is 13.2 Å². The van der Waals surface area contributed by atoms with Gasteiger partial charge in [-0.3, -0.25) is 4.79 Å². The minimum Gasteiger partial charge on any atom is -0.481 e. The summed E-state index contributed by atoms with van der Waals surface area (Å²) in [4.78, 5) is 9.00. The fourth-order valence-electron chi connectivity index (χ4n) is 1.23. The lowest BCUT2D eigenvalue weighted by molar-refractivity contribution is -0.134. The maximum Gasteiger partial charge on any atom is 0.300 e. The van der Waals surface area contributed by atoms with E-state index in [-0.39, 0.29) is 25.3 Å². The first kappa shape index (κ1) is 19.6. The molecule has 0 bridgehead atoms. The molecule has 0 spiro atoms. The molecule has 18 heavy (non-hydrogen) atoms. The summed E-state index contributed by atoms with van der Waals surface area (Å²) in [6.07, 6.45) is 1.88. The molecule has 110 valence electrons. The number of aliphatic hydroxyl groups is 2. The van der Waals surface area contributed by atoms with Crippen LogP contribution in [0.2, 0.25) is 0 Å². The summed E-state index contributed by atoms with van der Waals surface area (Å²) in [7, 11) is 0. The van der Waals surface area contributed by atoms with Crippen LogP contribution < -0.4 is 10.6 Å². The number of carboxylic acid groups (broad SMARTS) is 1. The Hall–Kier alpha value is -0.690. The van der Waals surface area contributed by atoms with Gasteiger partial charge < -0.3 is 26.0 Å². The highest BCUT2D eigenvalue weighted by Gasteiger charge is 2.04. The van der Waals surface area contributed by atoms with Gasteiger partial charge in [0, 0.05) is 32.1 Å². The van der Waals surface area contributed by atoms with Crippen LogP contribution in [0.25, 0.3) is 0 Å². The minimum absolute atomic E-state index is 0.188. The van der Waals surface area contributed by atoms with Crippen LogP contribution in [0.4, 0.5) is 0 Å². The highest BCUT2D eigenvalue weighted by Crippen LogP contribution is 1.89. The van der Waals surface area contributed by atoms with Crippen molar-refractivity contribution in [3.05, 3.63) is 0 Å². The Morgan fingerprint density at radius 3 is 1.44 bits per heavy atom. The molecule has 0 radical (unpaired) electrons. The molecule has 0 amide bonds. The van der Waals surface area contributed by atoms with Crippen LogP contribution in [-0.4, -0.2) is 59.7 Å². The monoisotopic (exact) mass is 264 g/mol. The number of nitrogens with one attached hydrogen (secondary N) is 2. The summed E-state index contributed by atoms with van der Waals surface area (Å²) in [6, 6.07) is 0.400. The zero-order valence-electron chi connectivity index (χ0n) is 11.6. The highest BCUT2D eigenvalue weighted by molar-refractivity contribution is 5.62. The molecule has 0 saturated heterocycles. The van der Waals surface area contributed by atoms with E-state index in [0.29, 0.717) is 0 Å². The molecular formula is C12H28N2O4. The molecule has 0 aromatic carbocycles. The minimum atomic E-state index is -0.833. The Morgan fingerprint density at radius 2 is 1.28 bits per heavy atom. The summed E-state index contributed by atoms with van der Waals surface area (Å²) in [5, 5.41) is 31.7. The highest BCUT2D eigenvalue weighted by atomic mass is 16.4. The van der Waals surface area contributed by atoms with Crippen molar-refractivity contribution in [2.75, 3.05) is 26.3 Å². The van der Waals surface area contributed by atoms with Crippen LogP contribution in [0.5, 0.6) is 0 Å². The van der Waals surface area contributed by atoms with Gasteiger partial charge in [-0.1, -0.05) is 13.8 Å². The summed E-state index contributed by atoms with van der Waals surface area (Å²) in [5.74, 6) is -0.833. The Balaban J connectivity index is 0. The van der Waals surface area contributed by atoms with Crippen molar-refractivity contribution in [1.82, 2.24) is 10.6 Å². The van der Waals surface area contributed by atoms with E-state index in [4.69, 9.17) is 20.1 Å². The lowest BCUT2D eigenvalue weighted by Gasteiger charge is -2.17. The van der Waals surface area contributed by atoms with Crippen LogP contribution in [0.15, 0.2) is 0 Å². The SMILES string of the molecule is CC(=O)O.CC[C@@H](CO)NCCN[C@@H](CC)CO. The van der Waals surface area contributed by atoms with Gasteiger partial charge in [-0.15, -0.1) is 0 Å². The van der Waals surface area contributed by atoms with E-state index in [0.717, 1.165) is 32.9 Å². The van der Waals surface area contributed by atoms with Gasteiger partial charge in [0.1, 0.15) is 0 Å². The van der Waals surface area contributed by atoms with Crippen LogP contribution in [0, 0.1) is 0 Å². The van der Waals surface area contributed by atoms with Gasteiger partial charge in [0.15, 0.2) is 0 Å². The number of hydrogen-bond donors (Lipinski definition) is 5. The molecule has 5 N–H and O–H groups in total. The zero-order valence-corrected chi connectivity index (χ0v) is 11.6. The van der Waals surface area contributed by atoms with Gasteiger partial charge in [-0.25, -0.2) is 0 Å². The number of carbonyl (C=O) groups is 1. The molecule has 0 aliphatic heterocycles. The van der Waals surface area contributed by atoms with Gasteiger partial charge in [0.2, 0.25) is 0 Å². The Kier molecular flexibility index (Phi) is 15.7. The maximum atomic E-state index is 9.00. The van der Waals surface area contributed by atoms with E-state index in [1.807, 2.05) is 13.8 Å². The molecule has 0 heterocycles. The third-order valence-electron chi connectivity index (χ3n) is 2.42. The third-order valence-corrected chi connectivity index (χ3v) is 2.42. The molecule has 0 saturated carbocycles. The fraction of sp³-hybridized carbons (Fsp3) is 0.917. The molecule has 6 heteroatoms. The number of carboxylic acids is 1. The average Bonchev–Trinajstić information content (AvgIpc) is 2.33. The Morgan fingerprint density at radius 1 is 1.00 bits per heavy atom. The smallest absolute Gasteiger partial charge is 0.300 e. The van der Waals surface area contributed by atoms with Crippen molar-refractivity contribution >= 4 is 5.97 Å². The number of aliphatic carboxylic acids is 1. The van der Waals surface area contributed by atoms with E-state index < -0.39 is 5.97 Å². The first-order valence-electron chi connectivity index (χ1n) is 6.39. The summed E-state index contributed by atoms with van der Waals surface area (Å²) < 4.78 is 0.